The maximum absolute atomic E-state index is 5.26. The van der Waals surface area contributed by atoms with E-state index in [2.05, 4.69) is 113 Å². The van der Waals surface area contributed by atoms with E-state index < -0.39 is 0 Å². The number of aromatic nitrogens is 1. The Balaban J connectivity index is 0.000000256. The molecular formula is C48H46HfN2. The first kappa shape index (κ1) is 40.2. The SMILES string of the molecule is Cc1cc(C)c([N-]C(c2ccccn2)c2ccccc2-c2ccccc2)c(C)c1.[CH2-]c1ccccc1.[CH2-]c1ccccc1.[CH2-]c1ccccc1.[Hf+4]. The minimum atomic E-state index is -0.173. The Bertz CT molecular complexity index is 1850. The van der Waals surface area contributed by atoms with E-state index in [1.807, 2.05) is 115 Å². The first-order valence-corrected chi connectivity index (χ1v) is 16.8. The zero-order valence-electron chi connectivity index (χ0n) is 29.9. The second-order valence-corrected chi connectivity index (χ2v) is 11.9. The summed E-state index contributed by atoms with van der Waals surface area (Å²) in [6, 6.07) is 58.9. The first-order chi connectivity index (χ1) is 24.3. The summed E-state index contributed by atoms with van der Waals surface area (Å²) >= 11 is 0. The Kier molecular flexibility index (Phi) is 17.1. The molecule has 0 amide bonds. The summed E-state index contributed by atoms with van der Waals surface area (Å²) in [6.07, 6.45) is 1.85. The summed E-state index contributed by atoms with van der Waals surface area (Å²) in [7, 11) is 0. The van der Waals surface area contributed by atoms with Crippen LogP contribution < -0.4 is 0 Å². The van der Waals surface area contributed by atoms with Gasteiger partial charge in [-0.2, -0.15) is 73.9 Å². The zero-order chi connectivity index (χ0) is 35.6. The fourth-order valence-corrected chi connectivity index (χ4v) is 5.39. The van der Waals surface area contributed by atoms with Crippen LogP contribution in [0.3, 0.4) is 0 Å². The van der Waals surface area contributed by atoms with Gasteiger partial charge in [-0.1, -0.05) is 108 Å². The predicted molar refractivity (Wildman–Crippen MR) is 214 cm³/mol. The molecule has 1 aromatic heterocycles. The summed E-state index contributed by atoms with van der Waals surface area (Å²) < 4.78 is 0. The summed E-state index contributed by atoms with van der Waals surface area (Å²) in [5.74, 6) is 0. The van der Waals surface area contributed by atoms with Crippen molar-refractivity contribution in [1.29, 1.82) is 0 Å². The van der Waals surface area contributed by atoms with E-state index in [1.165, 1.54) is 27.8 Å². The molecule has 0 spiro atoms. The van der Waals surface area contributed by atoms with Gasteiger partial charge in [-0.05, 0) is 55.6 Å². The summed E-state index contributed by atoms with van der Waals surface area (Å²) in [4.78, 5) is 4.67. The van der Waals surface area contributed by atoms with E-state index in [-0.39, 0.29) is 31.9 Å². The minimum Gasteiger partial charge on any atom is -0.673 e. The number of benzene rings is 6. The first-order valence-electron chi connectivity index (χ1n) is 16.8. The van der Waals surface area contributed by atoms with Crippen molar-refractivity contribution in [3.8, 4) is 11.1 Å². The maximum atomic E-state index is 5.26. The van der Waals surface area contributed by atoms with Gasteiger partial charge in [0.2, 0.25) is 0 Å². The average molecular weight is 829 g/mol. The fraction of sp³-hybridized carbons (Fsp3) is 0.0833. The monoisotopic (exact) mass is 830 g/mol. The molecule has 1 atom stereocenters. The molecule has 0 saturated carbocycles. The topological polar surface area (TPSA) is 27.0 Å². The zero-order valence-corrected chi connectivity index (χ0v) is 33.5. The van der Waals surface area contributed by atoms with Gasteiger partial charge < -0.3 is 5.32 Å². The molecule has 0 bridgehead atoms. The molecule has 3 heteroatoms. The van der Waals surface area contributed by atoms with Crippen LogP contribution in [0.25, 0.3) is 16.4 Å². The van der Waals surface area contributed by atoms with Crippen LogP contribution in [0, 0.1) is 41.5 Å². The fourth-order valence-electron chi connectivity index (χ4n) is 5.39. The molecule has 7 rings (SSSR count). The molecule has 252 valence electrons. The van der Waals surface area contributed by atoms with E-state index >= 15 is 0 Å². The Hall–Kier alpha value is -5.25. The Labute approximate surface area is 325 Å². The number of rotatable bonds is 5. The Morgan fingerprint density at radius 3 is 1.31 bits per heavy atom. The van der Waals surface area contributed by atoms with Gasteiger partial charge in [0, 0.05) is 11.9 Å². The molecule has 0 saturated heterocycles. The summed E-state index contributed by atoms with van der Waals surface area (Å²) in [5, 5.41) is 5.26. The summed E-state index contributed by atoms with van der Waals surface area (Å²) in [6.45, 7) is 17.6. The van der Waals surface area contributed by atoms with Crippen molar-refractivity contribution >= 4 is 5.69 Å². The number of nitrogens with zero attached hydrogens (tertiary/aromatic N) is 2. The molecule has 2 nitrogen and oxygen atoms in total. The maximum Gasteiger partial charge on any atom is 4.00 e. The second-order valence-electron chi connectivity index (χ2n) is 11.9. The molecule has 0 aliphatic heterocycles. The van der Waals surface area contributed by atoms with E-state index in [0.717, 1.165) is 33.6 Å². The minimum absolute atomic E-state index is 0. The molecule has 0 aliphatic rings. The number of pyridine rings is 1. The third-order valence-electron chi connectivity index (χ3n) is 7.73. The van der Waals surface area contributed by atoms with Gasteiger partial charge >= 0.3 is 25.8 Å². The van der Waals surface area contributed by atoms with Crippen LogP contribution in [0.1, 0.15) is 50.7 Å². The van der Waals surface area contributed by atoms with Crippen LogP contribution in [0.2, 0.25) is 0 Å². The van der Waals surface area contributed by atoms with Gasteiger partial charge in [0.05, 0.1) is 0 Å². The number of hydrogen-bond acceptors (Lipinski definition) is 1. The molecule has 0 fully saturated rings. The summed E-state index contributed by atoms with van der Waals surface area (Å²) in [5.41, 5.74) is 12.4. The standard InChI is InChI=1S/C27H25N2.3C7H7.Hf/c1-19-17-20(2)26(21(3)18-19)29-27(25-15-9-10-16-28-25)24-14-8-7-13-23(24)22-11-5-4-6-12-22;3*1-7-5-3-2-4-6-7;/h4-18,27H,1-3H3;3*2-6H,1H2;/q4*-1;+4. The van der Waals surface area contributed by atoms with Crippen LogP contribution in [0.15, 0.2) is 182 Å². The number of aryl methyl sites for hydroxylation is 3. The Morgan fingerprint density at radius 1 is 0.490 bits per heavy atom. The smallest absolute Gasteiger partial charge is 0.673 e. The normalized spacial score (nSPS) is 10.3. The van der Waals surface area contributed by atoms with Gasteiger partial charge in [-0.25, -0.2) is 0 Å². The van der Waals surface area contributed by atoms with E-state index in [4.69, 9.17) is 5.32 Å². The Morgan fingerprint density at radius 2 is 0.902 bits per heavy atom. The third kappa shape index (κ3) is 13.5. The van der Waals surface area contributed by atoms with Crippen LogP contribution in [-0.4, -0.2) is 4.98 Å². The van der Waals surface area contributed by atoms with Crippen molar-refractivity contribution in [2.75, 3.05) is 0 Å². The third-order valence-corrected chi connectivity index (χ3v) is 7.73. The van der Waals surface area contributed by atoms with Gasteiger partial charge in [0.1, 0.15) is 0 Å². The predicted octanol–water partition coefficient (Wildman–Crippen LogP) is 13.1. The van der Waals surface area contributed by atoms with Gasteiger partial charge in [-0.15, -0.1) is 42.1 Å². The van der Waals surface area contributed by atoms with E-state index in [1.54, 1.807) is 0 Å². The van der Waals surface area contributed by atoms with E-state index in [9.17, 15) is 0 Å². The van der Waals surface area contributed by atoms with Crippen molar-refractivity contribution in [1.82, 2.24) is 4.98 Å². The van der Waals surface area contributed by atoms with Crippen LogP contribution in [-0.2, 0) is 25.8 Å². The molecule has 51 heavy (non-hydrogen) atoms. The quantitative estimate of drug-likeness (QED) is 0.125. The van der Waals surface area contributed by atoms with Crippen LogP contribution in [0.5, 0.6) is 0 Å². The van der Waals surface area contributed by atoms with Crippen molar-refractivity contribution < 1.29 is 25.8 Å². The van der Waals surface area contributed by atoms with Gasteiger partial charge in [0.15, 0.2) is 0 Å². The second kappa shape index (κ2) is 21.8. The van der Waals surface area contributed by atoms with E-state index in [0.29, 0.717) is 0 Å². The average Bonchev–Trinajstić information content (AvgIpc) is 3.14. The largest absolute Gasteiger partial charge is 4.00 e. The molecular weight excluding hydrogens is 783 g/mol. The molecule has 1 heterocycles. The van der Waals surface area contributed by atoms with Crippen molar-refractivity contribution in [3.63, 3.8) is 0 Å². The molecule has 0 N–H and O–H groups in total. The van der Waals surface area contributed by atoms with Crippen molar-refractivity contribution in [3.05, 3.63) is 253 Å². The van der Waals surface area contributed by atoms with Crippen molar-refractivity contribution in [2.24, 2.45) is 0 Å². The molecule has 0 aliphatic carbocycles. The molecule has 7 aromatic rings. The van der Waals surface area contributed by atoms with Gasteiger partial charge in [0.25, 0.3) is 0 Å². The van der Waals surface area contributed by atoms with Crippen LogP contribution in [0.4, 0.5) is 5.69 Å². The number of hydrogen-bond donors (Lipinski definition) is 0. The van der Waals surface area contributed by atoms with Gasteiger partial charge in [-0.3, -0.25) is 4.98 Å². The molecule has 0 radical (unpaired) electrons. The van der Waals surface area contributed by atoms with Crippen LogP contribution >= 0.6 is 0 Å². The molecule has 1 unspecified atom stereocenters. The molecule has 6 aromatic carbocycles. The van der Waals surface area contributed by atoms with Crippen molar-refractivity contribution in [2.45, 2.75) is 26.8 Å².